The maximum atomic E-state index is 13.9. The Morgan fingerprint density at radius 3 is 2.10 bits per heavy atom. The van der Waals surface area contributed by atoms with Crippen LogP contribution in [-0.2, 0) is 6.54 Å². The van der Waals surface area contributed by atoms with Gasteiger partial charge in [-0.05, 0) is 28.8 Å². The number of hydrogen-bond donors (Lipinski definition) is 1. The summed E-state index contributed by atoms with van der Waals surface area (Å²) < 4.78 is 13.9. The lowest BCUT2D eigenvalue weighted by molar-refractivity contribution is 0.630. The van der Waals surface area contributed by atoms with E-state index in [0.29, 0.717) is 12.2 Å². The largest absolute Gasteiger partial charge is 0.379 e. The zero-order valence-corrected chi connectivity index (χ0v) is 11.6. The van der Waals surface area contributed by atoms with Gasteiger partial charge in [0.05, 0.1) is 5.69 Å². The molecule has 0 atom stereocenters. The average Bonchev–Trinajstić information content (AvgIpc) is 2.56. The molecule has 0 fully saturated rings. The molecule has 0 aromatic heterocycles. The summed E-state index contributed by atoms with van der Waals surface area (Å²) in [6.45, 7) is 0.607. The molecule has 1 nitrogen and oxygen atoms in total. The molecular weight excluding hydrogens is 261 g/mol. The predicted octanol–water partition coefficient (Wildman–Crippen LogP) is 5.10. The molecule has 0 saturated carbocycles. The molecule has 21 heavy (non-hydrogen) atoms. The molecule has 0 spiro atoms. The van der Waals surface area contributed by atoms with Gasteiger partial charge in [0, 0.05) is 6.54 Å². The standard InChI is InChI=1S/C19H16FN/c20-18-12-11-17(16-9-5-2-6-10-16)13-19(18)21-14-15-7-3-1-4-8-15/h1-13,21H,14H2. The lowest BCUT2D eigenvalue weighted by Crippen LogP contribution is -2.01. The lowest BCUT2D eigenvalue weighted by atomic mass is 10.0. The smallest absolute Gasteiger partial charge is 0.146 e. The highest BCUT2D eigenvalue weighted by Crippen LogP contribution is 2.25. The van der Waals surface area contributed by atoms with Gasteiger partial charge in [0.2, 0.25) is 0 Å². The molecule has 0 aliphatic carbocycles. The average molecular weight is 277 g/mol. The van der Waals surface area contributed by atoms with Crippen molar-refractivity contribution in [1.82, 2.24) is 0 Å². The van der Waals surface area contributed by atoms with Crippen LogP contribution in [-0.4, -0.2) is 0 Å². The Morgan fingerprint density at radius 2 is 1.38 bits per heavy atom. The molecule has 0 bridgehead atoms. The molecule has 0 heterocycles. The second kappa shape index (κ2) is 6.23. The van der Waals surface area contributed by atoms with Crippen molar-refractivity contribution in [2.75, 3.05) is 5.32 Å². The molecular formula is C19H16FN. The van der Waals surface area contributed by atoms with Crippen LogP contribution in [0, 0.1) is 5.82 Å². The molecule has 104 valence electrons. The second-order valence-corrected chi connectivity index (χ2v) is 4.90. The van der Waals surface area contributed by atoms with Gasteiger partial charge in [0.1, 0.15) is 5.82 Å². The van der Waals surface area contributed by atoms with Crippen LogP contribution in [0.3, 0.4) is 0 Å². The van der Waals surface area contributed by atoms with Crippen molar-refractivity contribution in [3.05, 3.63) is 90.2 Å². The topological polar surface area (TPSA) is 12.0 Å². The first-order valence-corrected chi connectivity index (χ1v) is 6.96. The Labute approximate surface area is 124 Å². The number of hydrogen-bond acceptors (Lipinski definition) is 1. The van der Waals surface area contributed by atoms with Crippen LogP contribution in [0.25, 0.3) is 11.1 Å². The normalized spacial score (nSPS) is 10.3. The number of nitrogens with one attached hydrogen (secondary N) is 1. The van der Waals surface area contributed by atoms with Gasteiger partial charge in [-0.15, -0.1) is 0 Å². The van der Waals surface area contributed by atoms with E-state index in [1.54, 1.807) is 6.07 Å². The zero-order chi connectivity index (χ0) is 14.5. The molecule has 0 aliphatic heterocycles. The van der Waals surface area contributed by atoms with Crippen molar-refractivity contribution in [2.45, 2.75) is 6.54 Å². The van der Waals surface area contributed by atoms with E-state index in [1.807, 2.05) is 66.7 Å². The van der Waals surface area contributed by atoms with Crippen molar-refractivity contribution in [1.29, 1.82) is 0 Å². The van der Waals surface area contributed by atoms with Gasteiger partial charge in [-0.1, -0.05) is 66.7 Å². The quantitative estimate of drug-likeness (QED) is 0.699. The SMILES string of the molecule is Fc1ccc(-c2ccccc2)cc1NCc1ccccc1. The zero-order valence-electron chi connectivity index (χ0n) is 11.6. The molecule has 1 N–H and O–H groups in total. The van der Waals surface area contributed by atoms with E-state index in [2.05, 4.69) is 5.32 Å². The third kappa shape index (κ3) is 3.29. The molecule has 0 unspecified atom stereocenters. The monoisotopic (exact) mass is 277 g/mol. The van der Waals surface area contributed by atoms with Crippen LogP contribution in [0.4, 0.5) is 10.1 Å². The van der Waals surface area contributed by atoms with Crippen molar-refractivity contribution in [3.63, 3.8) is 0 Å². The van der Waals surface area contributed by atoms with Gasteiger partial charge in [-0.2, -0.15) is 0 Å². The fourth-order valence-electron chi connectivity index (χ4n) is 2.26. The van der Waals surface area contributed by atoms with E-state index >= 15 is 0 Å². The predicted molar refractivity (Wildman–Crippen MR) is 85.6 cm³/mol. The molecule has 2 heteroatoms. The van der Waals surface area contributed by atoms with Gasteiger partial charge in [0.15, 0.2) is 0 Å². The van der Waals surface area contributed by atoms with Crippen LogP contribution in [0.1, 0.15) is 5.56 Å². The highest BCUT2D eigenvalue weighted by atomic mass is 19.1. The minimum Gasteiger partial charge on any atom is -0.379 e. The van der Waals surface area contributed by atoms with Gasteiger partial charge in [-0.25, -0.2) is 4.39 Å². The van der Waals surface area contributed by atoms with Crippen molar-refractivity contribution in [3.8, 4) is 11.1 Å². The first-order valence-electron chi connectivity index (χ1n) is 6.96. The summed E-state index contributed by atoms with van der Waals surface area (Å²) in [5.41, 5.74) is 3.75. The van der Waals surface area contributed by atoms with E-state index in [0.717, 1.165) is 16.7 Å². The Hall–Kier alpha value is -2.61. The number of anilines is 1. The number of rotatable bonds is 4. The van der Waals surface area contributed by atoms with Crippen molar-refractivity contribution >= 4 is 5.69 Å². The minimum atomic E-state index is -0.231. The van der Waals surface area contributed by atoms with E-state index < -0.39 is 0 Å². The summed E-state index contributed by atoms with van der Waals surface area (Å²) in [5, 5.41) is 3.16. The van der Waals surface area contributed by atoms with Crippen LogP contribution < -0.4 is 5.32 Å². The van der Waals surface area contributed by atoms with Gasteiger partial charge >= 0.3 is 0 Å². The van der Waals surface area contributed by atoms with E-state index in [4.69, 9.17) is 0 Å². The Morgan fingerprint density at radius 1 is 0.714 bits per heavy atom. The first kappa shape index (κ1) is 13.4. The van der Waals surface area contributed by atoms with E-state index in [-0.39, 0.29) is 5.82 Å². The first-order chi connectivity index (χ1) is 10.3. The molecule has 3 rings (SSSR count). The molecule has 3 aromatic rings. The van der Waals surface area contributed by atoms with Gasteiger partial charge in [0.25, 0.3) is 0 Å². The fraction of sp³-hybridized carbons (Fsp3) is 0.0526. The molecule has 3 aromatic carbocycles. The lowest BCUT2D eigenvalue weighted by Gasteiger charge is -2.10. The third-order valence-electron chi connectivity index (χ3n) is 3.40. The summed E-state index contributed by atoms with van der Waals surface area (Å²) in [4.78, 5) is 0. The summed E-state index contributed by atoms with van der Waals surface area (Å²) >= 11 is 0. The van der Waals surface area contributed by atoms with Crippen LogP contribution >= 0.6 is 0 Å². The molecule has 0 aliphatic rings. The van der Waals surface area contributed by atoms with Crippen molar-refractivity contribution in [2.24, 2.45) is 0 Å². The molecule has 0 radical (unpaired) electrons. The third-order valence-corrected chi connectivity index (χ3v) is 3.40. The summed E-state index contributed by atoms with van der Waals surface area (Å²) in [5.74, 6) is -0.231. The molecule has 0 amide bonds. The Bertz CT molecular complexity index is 708. The summed E-state index contributed by atoms with van der Waals surface area (Å²) in [7, 11) is 0. The molecule has 0 saturated heterocycles. The maximum absolute atomic E-state index is 13.9. The van der Waals surface area contributed by atoms with Crippen LogP contribution in [0.15, 0.2) is 78.9 Å². The summed E-state index contributed by atoms with van der Waals surface area (Å²) in [6.07, 6.45) is 0. The number of benzene rings is 3. The Balaban J connectivity index is 1.82. The van der Waals surface area contributed by atoms with Gasteiger partial charge < -0.3 is 5.32 Å². The van der Waals surface area contributed by atoms with E-state index in [9.17, 15) is 4.39 Å². The fourth-order valence-corrected chi connectivity index (χ4v) is 2.26. The highest BCUT2D eigenvalue weighted by Gasteiger charge is 2.05. The summed E-state index contributed by atoms with van der Waals surface area (Å²) in [6, 6.07) is 25.1. The highest BCUT2D eigenvalue weighted by molar-refractivity contribution is 5.68. The second-order valence-electron chi connectivity index (χ2n) is 4.90. The number of halogens is 1. The van der Waals surface area contributed by atoms with Gasteiger partial charge in [-0.3, -0.25) is 0 Å². The minimum absolute atomic E-state index is 0.231. The van der Waals surface area contributed by atoms with E-state index in [1.165, 1.54) is 6.07 Å². The van der Waals surface area contributed by atoms with Crippen LogP contribution in [0.5, 0.6) is 0 Å². The van der Waals surface area contributed by atoms with Crippen LogP contribution in [0.2, 0.25) is 0 Å². The Kier molecular flexibility index (Phi) is 3.97. The maximum Gasteiger partial charge on any atom is 0.146 e. The van der Waals surface area contributed by atoms with Crippen molar-refractivity contribution < 1.29 is 4.39 Å².